The van der Waals surface area contributed by atoms with E-state index >= 15 is 0 Å². The van der Waals surface area contributed by atoms with Crippen LogP contribution in [-0.4, -0.2) is 15.9 Å². The zero-order valence-corrected chi connectivity index (χ0v) is 27.2. The molecule has 7 rings (SSSR count). The molecule has 0 fully saturated rings. The van der Waals surface area contributed by atoms with Gasteiger partial charge in [-0.2, -0.15) is 4.57 Å². The maximum Gasteiger partial charge on any atom is 0.325 e. The van der Waals surface area contributed by atoms with Crippen molar-refractivity contribution >= 4 is 29.3 Å². The van der Waals surface area contributed by atoms with E-state index in [4.69, 9.17) is 0 Å². The number of fused-ring (bicyclic) bond motifs is 7. The Balaban J connectivity index is 1.51. The number of para-hydroxylation sites is 1. The summed E-state index contributed by atoms with van der Waals surface area (Å²) in [5, 5.41) is 3.66. The molecule has 5 nitrogen and oxygen atoms in total. The standard InChI is InChI=1S/C40H39N2O3P/c1-2-3-23-42-29-36-38(34-17-10-11-18-37(34)42)35-20-19-32-28-41(22-12-25-46(43,44)45)24-21-33(32)39(35)40(36,26-30-13-6-4-7-14-30)27-31-15-8-5-9-16-31/h4-11,13-21,24,28-29H,2-3,12,22-23,25-27H2,1H3/p+2. The average Bonchev–Trinajstić information content (AvgIpc) is 3.33. The highest BCUT2D eigenvalue weighted by Gasteiger charge is 2.47. The highest BCUT2D eigenvalue weighted by Crippen LogP contribution is 2.56. The minimum atomic E-state index is -4.03. The number of aromatic nitrogens is 2. The summed E-state index contributed by atoms with van der Waals surface area (Å²) in [6.07, 6.45) is 11.0. The van der Waals surface area contributed by atoms with Gasteiger partial charge in [0.15, 0.2) is 18.6 Å². The van der Waals surface area contributed by atoms with Crippen molar-refractivity contribution in [2.45, 2.75) is 57.5 Å². The lowest BCUT2D eigenvalue weighted by Gasteiger charge is -2.33. The van der Waals surface area contributed by atoms with Crippen LogP contribution in [0.25, 0.3) is 32.8 Å². The first kappa shape index (κ1) is 30.5. The first-order chi connectivity index (χ1) is 22.4. The van der Waals surface area contributed by atoms with Crippen LogP contribution in [0.15, 0.2) is 122 Å². The molecular formula is C40H41N2O3P+2. The Kier molecular flexibility index (Phi) is 8.33. The van der Waals surface area contributed by atoms with Gasteiger partial charge in [-0.1, -0.05) is 92.2 Å². The van der Waals surface area contributed by atoms with Gasteiger partial charge < -0.3 is 9.79 Å². The minimum Gasteiger partial charge on any atom is -0.324 e. The van der Waals surface area contributed by atoms with Gasteiger partial charge in [-0.25, -0.2) is 4.57 Å². The van der Waals surface area contributed by atoms with Gasteiger partial charge in [0.05, 0.1) is 11.5 Å². The van der Waals surface area contributed by atoms with Crippen molar-refractivity contribution in [3.05, 3.63) is 144 Å². The Morgan fingerprint density at radius 1 is 0.717 bits per heavy atom. The number of nitrogens with zero attached hydrogens (tertiary/aromatic N) is 2. The van der Waals surface area contributed by atoms with Gasteiger partial charge in [0.1, 0.15) is 13.1 Å². The molecule has 2 aromatic heterocycles. The lowest BCUT2D eigenvalue weighted by atomic mass is 9.69. The summed E-state index contributed by atoms with van der Waals surface area (Å²) in [6.45, 7) is 3.79. The van der Waals surface area contributed by atoms with E-state index in [1.165, 1.54) is 49.7 Å². The maximum absolute atomic E-state index is 11.5. The second-order valence-corrected chi connectivity index (χ2v) is 14.6. The highest BCUT2D eigenvalue weighted by molar-refractivity contribution is 7.51. The Labute approximate surface area is 271 Å². The van der Waals surface area contributed by atoms with Gasteiger partial charge in [0, 0.05) is 46.9 Å². The quantitative estimate of drug-likeness (QED) is 0.114. The molecule has 232 valence electrons. The van der Waals surface area contributed by atoms with E-state index in [0.29, 0.717) is 13.0 Å². The third-order valence-electron chi connectivity index (χ3n) is 9.63. The molecule has 2 heterocycles. The number of hydrogen-bond acceptors (Lipinski definition) is 1. The lowest BCUT2D eigenvalue weighted by Crippen LogP contribution is -2.39. The molecule has 6 aromatic rings. The second-order valence-electron chi connectivity index (χ2n) is 12.8. The highest BCUT2D eigenvalue weighted by atomic mass is 31.2. The number of hydrogen-bond donors (Lipinski definition) is 2. The fraction of sp³-hybridized carbons (Fsp3) is 0.250. The van der Waals surface area contributed by atoms with E-state index in [2.05, 4.69) is 138 Å². The molecule has 46 heavy (non-hydrogen) atoms. The van der Waals surface area contributed by atoms with E-state index in [1.807, 2.05) is 0 Å². The molecular weight excluding hydrogens is 587 g/mol. The molecule has 0 atom stereocenters. The van der Waals surface area contributed by atoms with Crippen LogP contribution < -0.4 is 9.13 Å². The van der Waals surface area contributed by atoms with Gasteiger partial charge in [0.2, 0.25) is 5.52 Å². The van der Waals surface area contributed by atoms with Crippen molar-refractivity contribution < 1.29 is 23.5 Å². The first-order valence-corrected chi connectivity index (χ1v) is 18.2. The van der Waals surface area contributed by atoms with Crippen molar-refractivity contribution in [1.82, 2.24) is 0 Å². The third-order valence-corrected chi connectivity index (χ3v) is 10.5. The van der Waals surface area contributed by atoms with Crippen LogP contribution in [-0.2, 0) is 35.9 Å². The van der Waals surface area contributed by atoms with E-state index in [-0.39, 0.29) is 11.6 Å². The van der Waals surface area contributed by atoms with Gasteiger partial charge in [-0.3, -0.25) is 4.57 Å². The van der Waals surface area contributed by atoms with Crippen LogP contribution in [0.5, 0.6) is 0 Å². The molecule has 0 radical (unpaired) electrons. The smallest absolute Gasteiger partial charge is 0.324 e. The molecule has 0 amide bonds. The average molecular weight is 629 g/mol. The predicted molar refractivity (Wildman–Crippen MR) is 185 cm³/mol. The number of benzene rings is 4. The van der Waals surface area contributed by atoms with Crippen molar-refractivity contribution in [2.24, 2.45) is 0 Å². The second kappa shape index (κ2) is 12.6. The molecule has 1 aliphatic carbocycles. The van der Waals surface area contributed by atoms with Crippen LogP contribution in [0.3, 0.4) is 0 Å². The van der Waals surface area contributed by atoms with Crippen molar-refractivity contribution in [1.29, 1.82) is 0 Å². The predicted octanol–water partition coefficient (Wildman–Crippen LogP) is 7.69. The first-order valence-electron chi connectivity index (χ1n) is 16.4. The summed E-state index contributed by atoms with van der Waals surface area (Å²) in [7, 11) is -4.03. The summed E-state index contributed by atoms with van der Waals surface area (Å²) in [6, 6.07) is 37.5. The molecule has 6 heteroatoms. The maximum atomic E-state index is 11.5. The molecule has 0 spiro atoms. The third kappa shape index (κ3) is 5.80. The Bertz CT molecular complexity index is 2030. The lowest BCUT2D eigenvalue weighted by molar-refractivity contribution is -0.695. The van der Waals surface area contributed by atoms with Crippen LogP contribution in [0.1, 0.15) is 48.4 Å². The fourth-order valence-electron chi connectivity index (χ4n) is 7.63. The summed E-state index contributed by atoms with van der Waals surface area (Å²) in [5.74, 6) is 0. The van der Waals surface area contributed by atoms with E-state index in [1.54, 1.807) is 0 Å². The normalized spacial score (nSPS) is 13.6. The SMILES string of the molecule is CCCC[n+]1cc2c(c3ccccc31)-c1ccc3c[n+](CCCP(=O)(O)O)ccc3c1C2(Cc1ccccc1)Cc1ccccc1. The van der Waals surface area contributed by atoms with Gasteiger partial charge in [0.25, 0.3) is 0 Å². The van der Waals surface area contributed by atoms with Crippen LogP contribution >= 0.6 is 7.60 Å². The Morgan fingerprint density at radius 2 is 1.39 bits per heavy atom. The molecule has 4 aromatic carbocycles. The van der Waals surface area contributed by atoms with Crippen LogP contribution in [0, 0.1) is 0 Å². The van der Waals surface area contributed by atoms with E-state index in [9.17, 15) is 14.4 Å². The summed E-state index contributed by atoms with van der Waals surface area (Å²) in [4.78, 5) is 18.8. The molecule has 0 unspecified atom stereocenters. The molecule has 1 aliphatic rings. The number of unbranched alkanes of at least 4 members (excludes halogenated alkanes) is 1. The van der Waals surface area contributed by atoms with Crippen LogP contribution in [0.4, 0.5) is 0 Å². The van der Waals surface area contributed by atoms with Gasteiger partial charge in [-0.15, -0.1) is 0 Å². The molecule has 2 N–H and O–H groups in total. The topological polar surface area (TPSA) is 65.3 Å². The monoisotopic (exact) mass is 628 g/mol. The molecule has 0 bridgehead atoms. The van der Waals surface area contributed by atoms with Gasteiger partial charge >= 0.3 is 7.60 Å². The number of pyridine rings is 2. The fourth-order valence-corrected chi connectivity index (χ4v) is 8.19. The Morgan fingerprint density at radius 3 is 2.07 bits per heavy atom. The summed E-state index contributed by atoms with van der Waals surface area (Å²) in [5.41, 5.74) is 8.96. The zero-order chi connectivity index (χ0) is 31.7. The van der Waals surface area contributed by atoms with Crippen molar-refractivity contribution in [2.75, 3.05) is 6.16 Å². The van der Waals surface area contributed by atoms with E-state index in [0.717, 1.165) is 37.6 Å². The molecule has 0 saturated carbocycles. The Hall–Kier alpha value is -4.15. The van der Waals surface area contributed by atoms with Gasteiger partial charge in [-0.05, 0) is 52.6 Å². The van der Waals surface area contributed by atoms with Crippen LogP contribution in [0.2, 0.25) is 0 Å². The summed E-state index contributed by atoms with van der Waals surface area (Å²) >= 11 is 0. The minimum absolute atomic E-state index is 0.111. The largest absolute Gasteiger partial charge is 0.325 e. The summed E-state index contributed by atoms with van der Waals surface area (Å²) < 4.78 is 16.1. The number of aryl methyl sites for hydroxylation is 2. The van der Waals surface area contributed by atoms with E-state index < -0.39 is 7.60 Å². The van der Waals surface area contributed by atoms with Crippen molar-refractivity contribution in [3.8, 4) is 11.1 Å². The number of rotatable bonds is 11. The molecule has 0 saturated heterocycles. The van der Waals surface area contributed by atoms with Crippen molar-refractivity contribution in [3.63, 3.8) is 0 Å². The zero-order valence-electron chi connectivity index (χ0n) is 26.3. The molecule has 0 aliphatic heterocycles.